The number of hydrogen-bond donors (Lipinski definition) is 0. The second-order valence-electron chi connectivity index (χ2n) is 5.83. The van der Waals surface area contributed by atoms with E-state index in [9.17, 15) is 0 Å². The topological polar surface area (TPSA) is 12.4 Å². The summed E-state index contributed by atoms with van der Waals surface area (Å²) in [6.07, 6.45) is 8.73. The maximum atomic E-state index is 4.86. The number of hydrogen-bond acceptors (Lipinski definition) is 1. The molecule has 2 aliphatic rings. The third-order valence-electron chi connectivity index (χ3n) is 3.61. The highest BCUT2D eigenvalue weighted by atomic mass is 15.3. The van der Waals surface area contributed by atoms with Crippen LogP contribution in [0.3, 0.4) is 0 Å². The monoisotopic (exact) mass is 239 g/mol. The number of nitrogens with zero attached hydrogens (tertiary/aromatic N) is 2. The number of rotatable bonds is 1. The van der Waals surface area contributed by atoms with E-state index in [-0.39, 0.29) is 6.04 Å². The van der Waals surface area contributed by atoms with Crippen molar-refractivity contribution in [2.24, 2.45) is 10.9 Å². The average molecular weight is 239 g/mol. The average Bonchev–Trinajstić information content (AvgIpc) is 2.34. The van der Waals surface area contributed by atoms with Crippen LogP contribution in [0.4, 0.5) is 0 Å². The van der Waals surface area contributed by atoms with Crippen LogP contribution in [-0.2, 0) is 0 Å². The quantitative estimate of drug-likeness (QED) is 0.654. The zero-order chi connectivity index (χ0) is 12.8. The fourth-order valence-corrected chi connectivity index (χ4v) is 2.92. The molecule has 0 spiro atoms. The van der Waals surface area contributed by atoms with Crippen LogP contribution in [0.5, 0.6) is 0 Å². The van der Waals surface area contributed by atoms with Crippen molar-refractivity contribution in [2.45, 2.75) is 6.04 Å². The summed E-state index contributed by atoms with van der Waals surface area (Å²) < 4.78 is 0.853. The lowest BCUT2D eigenvalue weighted by Crippen LogP contribution is -2.49. The summed E-state index contributed by atoms with van der Waals surface area (Å²) in [4.78, 5) is 4.86. The number of para-hydroxylation sites is 1. The molecule has 18 heavy (non-hydrogen) atoms. The SMILES string of the molecule is C[N+](C)(C)C1=c2ccccc2=NC2C=CC=CC12. The molecule has 2 heteroatoms. The maximum Gasteiger partial charge on any atom is 0.127 e. The molecule has 2 unspecified atom stereocenters. The summed E-state index contributed by atoms with van der Waals surface area (Å²) in [6.45, 7) is 0. The van der Waals surface area contributed by atoms with Gasteiger partial charge in [0.05, 0.1) is 43.7 Å². The largest absolute Gasteiger partial charge is 0.301 e. The van der Waals surface area contributed by atoms with Crippen molar-refractivity contribution in [2.75, 3.05) is 21.1 Å². The van der Waals surface area contributed by atoms with Crippen LogP contribution in [-0.4, -0.2) is 31.7 Å². The Balaban J connectivity index is 2.37. The lowest BCUT2D eigenvalue weighted by Gasteiger charge is -2.35. The lowest BCUT2D eigenvalue weighted by atomic mass is 9.87. The van der Waals surface area contributed by atoms with Crippen LogP contribution in [0.2, 0.25) is 0 Å². The molecule has 0 aromatic heterocycles. The van der Waals surface area contributed by atoms with Gasteiger partial charge in [0.2, 0.25) is 0 Å². The zero-order valence-electron chi connectivity index (χ0n) is 11.2. The number of quaternary nitrogens is 1. The number of allylic oxidation sites excluding steroid dienone is 2. The molecule has 0 fully saturated rings. The fraction of sp³-hybridized carbons (Fsp3) is 0.312. The van der Waals surface area contributed by atoms with Crippen LogP contribution >= 0.6 is 0 Å². The molecule has 1 aromatic rings. The van der Waals surface area contributed by atoms with Gasteiger partial charge in [-0.25, -0.2) is 0 Å². The highest BCUT2D eigenvalue weighted by molar-refractivity contribution is 5.48. The minimum absolute atomic E-state index is 0.261. The molecule has 0 N–H and O–H groups in total. The predicted molar refractivity (Wildman–Crippen MR) is 74.2 cm³/mol. The van der Waals surface area contributed by atoms with Gasteiger partial charge in [0.15, 0.2) is 0 Å². The molecule has 2 nitrogen and oxygen atoms in total. The second kappa shape index (κ2) is 3.92. The fourth-order valence-electron chi connectivity index (χ4n) is 2.92. The molecule has 1 aliphatic heterocycles. The van der Waals surface area contributed by atoms with E-state index < -0.39 is 0 Å². The van der Waals surface area contributed by atoms with Gasteiger partial charge in [-0.15, -0.1) is 0 Å². The third kappa shape index (κ3) is 1.73. The maximum absolute atomic E-state index is 4.86. The van der Waals surface area contributed by atoms with E-state index >= 15 is 0 Å². The first kappa shape index (κ1) is 11.4. The van der Waals surface area contributed by atoms with Crippen LogP contribution in [0, 0.1) is 5.92 Å². The molecule has 1 aliphatic carbocycles. The first-order valence-electron chi connectivity index (χ1n) is 6.41. The van der Waals surface area contributed by atoms with Gasteiger partial charge in [0.25, 0.3) is 0 Å². The van der Waals surface area contributed by atoms with Gasteiger partial charge in [0, 0.05) is 0 Å². The summed E-state index contributed by atoms with van der Waals surface area (Å²) in [5.41, 5.74) is 1.45. The Morgan fingerprint density at radius 3 is 2.50 bits per heavy atom. The smallest absolute Gasteiger partial charge is 0.127 e. The van der Waals surface area contributed by atoms with E-state index in [0.717, 1.165) is 9.84 Å². The van der Waals surface area contributed by atoms with E-state index in [1.165, 1.54) is 10.9 Å². The standard InChI is InChI=1S/C16H19N2/c1-18(2,3)16-12-8-4-6-10-14(12)17-15-11-7-5-9-13(15)16/h4-12,14H,1-3H3/q+1. The van der Waals surface area contributed by atoms with Gasteiger partial charge in [-0.1, -0.05) is 36.4 Å². The van der Waals surface area contributed by atoms with Crippen molar-refractivity contribution >= 4 is 5.70 Å². The van der Waals surface area contributed by atoms with Gasteiger partial charge in [-0.3, -0.25) is 4.99 Å². The first-order chi connectivity index (χ1) is 8.57. The molecule has 0 bridgehead atoms. The summed E-state index contributed by atoms with van der Waals surface area (Å²) in [7, 11) is 6.71. The minimum Gasteiger partial charge on any atom is -0.301 e. The molecular formula is C16H19N2+. The molecule has 1 heterocycles. The van der Waals surface area contributed by atoms with Crippen molar-refractivity contribution in [3.05, 3.63) is 59.1 Å². The van der Waals surface area contributed by atoms with Crippen molar-refractivity contribution in [3.8, 4) is 0 Å². The Labute approximate surface area is 108 Å². The Kier molecular flexibility index (Phi) is 2.49. The summed E-state index contributed by atoms with van der Waals surface area (Å²) in [5.74, 6) is 0.393. The van der Waals surface area contributed by atoms with Crippen LogP contribution < -0.4 is 10.6 Å². The summed E-state index contributed by atoms with van der Waals surface area (Å²) in [6, 6.07) is 8.75. The van der Waals surface area contributed by atoms with Gasteiger partial charge in [-0.2, -0.15) is 0 Å². The second-order valence-corrected chi connectivity index (χ2v) is 5.83. The van der Waals surface area contributed by atoms with Crippen molar-refractivity contribution in [3.63, 3.8) is 0 Å². The Morgan fingerprint density at radius 1 is 1.00 bits per heavy atom. The molecule has 0 radical (unpaired) electrons. The first-order valence-corrected chi connectivity index (χ1v) is 6.41. The van der Waals surface area contributed by atoms with Crippen LogP contribution in [0.25, 0.3) is 5.70 Å². The minimum atomic E-state index is 0.261. The highest BCUT2D eigenvalue weighted by Crippen LogP contribution is 2.29. The Hall–Kier alpha value is -1.67. The third-order valence-corrected chi connectivity index (χ3v) is 3.61. The van der Waals surface area contributed by atoms with Crippen LogP contribution in [0.1, 0.15) is 0 Å². The van der Waals surface area contributed by atoms with E-state index in [1.807, 2.05) is 0 Å². The molecule has 1 aromatic carbocycles. The molecule has 92 valence electrons. The number of benzene rings is 1. The molecular weight excluding hydrogens is 220 g/mol. The Morgan fingerprint density at radius 2 is 1.72 bits per heavy atom. The summed E-state index contributed by atoms with van der Waals surface area (Å²) in [5, 5.41) is 2.42. The molecule has 0 saturated heterocycles. The normalized spacial score (nSPS) is 25.4. The molecule has 3 rings (SSSR count). The van der Waals surface area contributed by atoms with E-state index in [2.05, 4.69) is 69.7 Å². The van der Waals surface area contributed by atoms with E-state index in [4.69, 9.17) is 4.99 Å². The van der Waals surface area contributed by atoms with Crippen LogP contribution in [0.15, 0.2) is 53.6 Å². The van der Waals surface area contributed by atoms with Crippen molar-refractivity contribution in [1.82, 2.24) is 0 Å². The molecule has 2 atom stereocenters. The lowest BCUT2D eigenvalue weighted by molar-refractivity contribution is -0.801. The number of fused-ring (bicyclic) bond motifs is 2. The Bertz CT molecular complexity index is 644. The van der Waals surface area contributed by atoms with Gasteiger partial charge in [0.1, 0.15) is 5.70 Å². The predicted octanol–water partition coefficient (Wildman–Crippen LogP) is 1.24. The highest BCUT2D eigenvalue weighted by Gasteiger charge is 2.34. The van der Waals surface area contributed by atoms with Crippen molar-refractivity contribution < 1.29 is 4.48 Å². The van der Waals surface area contributed by atoms with Gasteiger partial charge < -0.3 is 4.48 Å². The molecule has 0 saturated carbocycles. The van der Waals surface area contributed by atoms with Gasteiger partial charge >= 0.3 is 0 Å². The van der Waals surface area contributed by atoms with E-state index in [0.29, 0.717) is 5.92 Å². The molecule has 0 amide bonds. The van der Waals surface area contributed by atoms with Crippen molar-refractivity contribution in [1.29, 1.82) is 0 Å². The van der Waals surface area contributed by atoms with E-state index in [1.54, 1.807) is 0 Å². The summed E-state index contributed by atoms with van der Waals surface area (Å²) >= 11 is 0. The zero-order valence-corrected chi connectivity index (χ0v) is 11.2. The van der Waals surface area contributed by atoms with Gasteiger partial charge in [-0.05, 0) is 12.1 Å².